The van der Waals surface area contributed by atoms with Crippen LogP contribution in [0.25, 0.3) is 21.5 Å². The maximum atomic E-state index is 6.68. The van der Waals surface area contributed by atoms with Gasteiger partial charge in [-0.3, -0.25) is 0 Å². The van der Waals surface area contributed by atoms with Crippen molar-refractivity contribution in [2.75, 3.05) is 0 Å². The van der Waals surface area contributed by atoms with Crippen molar-refractivity contribution in [3.63, 3.8) is 0 Å². The predicted octanol–water partition coefficient (Wildman–Crippen LogP) is 8.43. The molecule has 0 aliphatic carbocycles. The molecule has 0 spiro atoms. The first-order valence-electron chi connectivity index (χ1n) is 9.80. The number of ether oxygens (including phenoxy) is 2. The second-order valence-electron chi connectivity index (χ2n) is 8.41. The molecule has 3 rings (SSSR count). The fourth-order valence-electron chi connectivity index (χ4n) is 3.07. The minimum absolute atomic E-state index is 0.341. The summed E-state index contributed by atoms with van der Waals surface area (Å²) < 4.78 is 13.1. The quantitative estimate of drug-likeness (QED) is 0.373. The van der Waals surface area contributed by atoms with Crippen molar-refractivity contribution in [1.82, 2.24) is 0 Å². The van der Waals surface area contributed by atoms with E-state index in [2.05, 4.69) is 41.5 Å². The molecule has 0 saturated carbocycles. The van der Waals surface area contributed by atoms with E-state index in [1.54, 1.807) is 0 Å². The van der Waals surface area contributed by atoms with Gasteiger partial charge in [-0.2, -0.15) is 0 Å². The normalized spacial score (nSPS) is 12.6. The molecule has 28 heavy (non-hydrogen) atoms. The van der Waals surface area contributed by atoms with Crippen molar-refractivity contribution >= 4 is 44.7 Å². The Labute approximate surface area is 177 Å². The first-order chi connectivity index (χ1) is 13.1. The zero-order valence-corrected chi connectivity index (χ0v) is 19.0. The maximum absolute atomic E-state index is 6.68. The molecule has 3 aromatic rings. The third kappa shape index (κ3) is 3.90. The Morgan fingerprint density at radius 1 is 0.679 bits per heavy atom. The summed E-state index contributed by atoms with van der Waals surface area (Å²) in [7, 11) is 0. The second-order valence-corrected chi connectivity index (χ2v) is 9.23. The smallest absolute Gasteiger partial charge is 0.137 e. The summed E-state index contributed by atoms with van der Waals surface area (Å²) in [6, 6.07) is 11.7. The van der Waals surface area contributed by atoms with E-state index in [0.717, 1.165) is 45.9 Å². The largest absolute Gasteiger partial charge is 0.487 e. The van der Waals surface area contributed by atoms with Crippen LogP contribution in [0.3, 0.4) is 0 Å². The summed E-state index contributed by atoms with van der Waals surface area (Å²) in [5, 5.41) is 4.83. The Bertz CT molecular complexity index is 939. The molecule has 0 amide bonds. The Balaban J connectivity index is 2.48. The molecule has 0 fully saturated rings. The number of halogens is 2. The van der Waals surface area contributed by atoms with Crippen LogP contribution in [0.4, 0.5) is 0 Å². The molecule has 0 N–H and O–H groups in total. The Kier molecular flexibility index (Phi) is 5.76. The van der Waals surface area contributed by atoms with Gasteiger partial charge in [0.25, 0.3) is 0 Å². The zero-order chi connectivity index (χ0) is 20.7. The van der Waals surface area contributed by atoms with Crippen LogP contribution in [0.1, 0.15) is 54.4 Å². The van der Waals surface area contributed by atoms with E-state index in [0.29, 0.717) is 10.0 Å². The number of hydrogen-bond donors (Lipinski definition) is 0. The van der Waals surface area contributed by atoms with Crippen molar-refractivity contribution in [1.29, 1.82) is 0 Å². The summed E-state index contributed by atoms with van der Waals surface area (Å²) in [6.45, 7) is 12.5. The fourth-order valence-corrected chi connectivity index (χ4v) is 3.59. The first kappa shape index (κ1) is 21.1. The second kappa shape index (κ2) is 7.65. The zero-order valence-electron chi connectivity index (χ0n) is 17.5. The number of fused-ring (bicyclic) bond motifs is 2. The highest BCUT2D eigenvalue weighted by Crippen LogP contribution is 2.49. The fraction of sp³-hybridized carbons (Fsp3) is 0.417. The third-order valence-corrected chi connectivity index (χ3v) is 6.06. The topological polar surface area (TPSA) is 18.5 Å². The van der Waals surface area contributed by atoms with Crippen LogP contribution in [-0.4, -0.2) is 11.2 Å². The van der Waals surface area contributed by atoms with Gasteiger partial charge in [0, 0.05) is 21.5 Å². The van der Waals surface area contributed by atoms with Crippen LogP contribution < -0.4 is 9.47 Å². The molecular weight excluding hydrogens is 391 g/mol. The van der Waals surface area contributed by atoms with E-state index in [-0.39, 0.29) is 11.2 Å². The van der Waals surface area contributed by atoms with Gasteiger partial charge in [-0.15, -0.1) is 0 Å². The highest BCUT2D eigenvalue weighted by atomic mass is 35.5. The van der Waals surface area contributed by atoms with Gasteiger partial charge in [-0.1, -0.05) is 61.3 Å². The number of rotatable bonds is 6. The standard InChI is InChI=1S/C24H28Cl2O2/c1-7-23(3,4)27-21-15-11-9-14-18(26)20(15)22(28-24(5,6)8-2)16-12-10-13-17(25)19(16)21/h9-14H,7-8H2,1-6H3. The maximum Gasteiger partial charge on any atom is 0.137 e. The predicted molar refractivity (Wildman–Crippen MR) is 121 cm³/mol. The van der Waals surface area contributed by atoms with Crippen LogP contribution in [-0.2, 0) is 0 Å². The van der Waals surface area contributed by atoms with Crippen molar-refractivity contribution in [2.45, 2.75) is 65.6 Å². The molecule has 0 bridgehead atoms. The van der Waals surface area contributed by atoms with Crippen molar-refractivity contribution in [2.24, 2.45) is 0 Å². The highest BCUT2D eigenvalue weighted by molar-refractivity contribution is 6.40. The van der Waals surface area contributed by atoms with E-state index < -0.39 is 0 Å². The van der Waals surface area contributed by atoms with Gasteiger partial charge in [0.15, 0.2) is 0 Å². The van der Waals surface area contributed by atoms with E-state index in [9.17, 15) is 0 Å². The van der Waals surface area contributed by atoms with E-state index >= 15 is 0 Å². The Morgan fingerprint density at radius 2 is 1.04 bits per heavy atom. The van der Waals surface area contributed by atoms with Crippen LogP contribution in [0.5, 0.6) is 11.5 Å². The summed E-state index contributed by atoms with van der Waals surface area (Å²) in [5.74, 6) is 1.51. The third-order valence-electron chi connectivity index (χ3n) is 5.43. The minimum Gasteiger partial charge on any atom is -0.487 e. The molecule has 0 saturated heterocycles. The summed E-state index contributed by atoms with van der Waals surface area (Å²) in [5.41, 5.74) is -0.682. The Hall–Kier alpha value is -1.64. The minimum atomic E-state index is -0.341. The summed E-state index contributed by atoms with van der Waals surface area (Å²) >= 11 is 13.4. The van der Waals surface area contributed by atoms with E-state index in [1.807, 2.05) is 36.4 Å². The van der Waals surface area contributed by atoms with Gasteiger partial charge >= 0.3 is 0 Å². The molecular formula is C24H28Cl2O2. The van der Waals surface area contributed by atoms with Gasteiger partial charge in [-0.25, -0.2) is 0 Å². The molecule has 0 unspecified atom stereocenters. The van der Waals surface area contributed by atoms with Crippen molar-refractivity contribution in [3.8, 4) is 11.5 Å². The molecule has 3 aromatic carbocycles. The molecule has 0 radical (unpaired) electrons. The van der Waals surface area contributed by atoms with Crippen molar-refractivity contribution < 1.29 is 9.47 Å². The van der Waals surface area contributed by atoms with Gasteiger partial charge in [0.05, 0.1) is 10.0 Å². The van der Waals surface area contributed by atoms with Crippen molar-refractivity contribution in [3.05, 3.63) is 46.4 Å². The lowest BCUT2D eigenvalue weighted by Crippen LogP contribution is -2.28. The van der Waals surface area contributed by atoms with Gasteiger partial charge in [0.2, 0.25) is 0 Å². The average Bonchev–Trinajstić information content (AvgIpc) is 2.64. The van der Waals surface area contributed by atoms with Crippen LogP contribution in [0.2, 0.25) is 10.0 Å². The molecule has 150 valence electrons. The van der Waals surface area contributed by atoms with Crippen LogP contribution in [0, 0.1) is 0 Å². The van der Waals surface area contributed by atoms with Crippen LogP contribution >= 0.6 is 23.2 Å². The molecule has 2 nitrogen and oxygen atoms in total. The molecule has 0 aromatic heterocycles. The van der Waals surface area contributed by atoms with Crippen LogP contribution in [0.15, 0.2) is 36.4 Å². The average molecular weight is 419 g/mol. The lowest BCUT2D eigenvalue weighted by Gasteiger charge is -2.30. The van der Waals surface area contributed by atoms with E-state index in [1.165, 1.54) is 0 Å². The van der Waals surface area contributed by atoms with E-state index in [4.69, 9.17) is 32.7 Å². The summed E-state index contributed by atoms with van der Waals surface area (Å²) in [6.07, 6.45) is 1.73. The molecule has 0 atom stereocenters. The molecule has 0 aliphatic heterocycles. The van der Waals surface area contributed by atoms with Gasteiger partial charge < -0.3 is 9.47 Å². The lowest BCUT2D eigenvalue weighted by molar-refractivity contribution is 0.106. The lowest BCUT2D eigenvalue weighted by atomic mass is 9.98. The first-order valence-corrected chi connectivity index (χ1v) is 10.6. The molecule has 4 heteroatoms. The highest BCUT2D eigenvalue weighted by Gasteiger charge is 2.27. The van der Waals surface area contributed by atoms with Gasteiger partial charge in [-0.05, 0) is 52.7 Å². The Morgan fingerprint density at radius 3 is 1.36 bits per heavy atom. The SMILES string of the molecule is CCC(C)(C)Oc1c2cccc(Cl)c2c(OC(C)(C)CC)c2cccc(Cl)c12. The molecule has 0 aliphatic rings. The number of benzene rings is 3. The summed E-state index contributed by atoms with van der Waals surface area (Å²) in [4.78, 5) is 0. The molecule has 0 heterocycles. The monoisotopic (exact) mass is 418 g/mol. The van der Waals surface area contributed by atoms with Gasteiger partial charge in [0.1, 0.15) is 22.7 Å². The number of hydrogen-bond acceptors (Lipinski definition) is 2.